The fourth-order valence-electron chi connectivity index (χ4n) is 4.55. The zero-order valence-corrected chi connectivity index (χ0v) is 22.7. The number of amides is 1. The third-order valence-corrected chi connectivity index (χ3v) is 8.07. The molecule has 0 saturated carbocycles. The van der Waals surface area contributed by atoms with Gasteiger partial charge >= 0.3 is 0 Å². The van der Waals surface area contributed by atoms with Gasteiger partial charge in [0.25, 0.3) is 5.91 Å². The first-order valence-electron chi connectivity index (χ1n) is 12.5. The molecular weight excluding hydrogens is 575 g/mol. The molecule has 2 fully saturated rings. The number of ether oxygens (including phenoxy) is 2. The number of aliphatic hydroxyl groups is 2. The largest absolute Gasteiger partial charge is 0.394 e. The molecule has 214 valence electrons. The van der Waals surface area contributed by atoms with Crippen molar-refractivity contribution in [3.63, 3.8) is 0 Å². The monoisotopic (exact) mass is 599 g/mol. The van der Waals surface area contributed by atoms with Crippen LogP contribution in [0.3, 0.4) is 0 Å². The summed E-state index contributed by atoms with van der Waals surface area (Å²) in [7, 11) is 0. The maximum absolute atomic E-state index is 13.8. The molecule has 0 radical (unpaired) electrons. The predicted octanol–water partition coefficient (Wildman–Crippen LogP) is 3.07. The lowest BCUT2D eigenvalue weighted by atomic mass is 9.97. The smallest absolute Gasteiger partial charge is 0.273 e. The molecule has 5 rings (SSSR count). The molecule has 1 amide bonds. The standard InChI is InChI=1S/C25H25ClF3N5O5S/c1-2-38-23-21(34-10-16(31-32-34)12-6-14(27)19(29)15(28)7-12)22(36)17(11-35)39-25(23)40-18-8-13(26)9-30-20(18)24(37)33-4-3-5-33/h6-10,17,21-23,25,35-36H,2-5,11H2,1H3/t17?,21-,22-,23?,25+/m0/s1. The molecular formula is C25H25ClF3N5O5S. The Hall–Kier alpha value is -2.75. The predicted molar refractivity (Wildman–Crippen MR) is 137 cm³/mol. The number of pyridine rings is 1. The van der Waals surface area contributed by atoms with Crippen LogP contribution in [0.25, 0.3) is 11.3 Å². The molecule has 0 bridgehead atoms. The van der Waals surface area contributed by atoms with E-state index in [4.69, 9.17) is 21.1 Å². The van der Waals surface area contributed by atoms with Gasteiger partial charge in [-0.25, -0.2) is 22.8 Å². The number of carbonyl (C=O) groups is 1. The molecule has 0 spiro atoms. The molecule has 1 aromatic carbocycles. The van der Waals surface area contributed by atoms with Crippen LogP contribution in [0.15, 0.2) is 35.5 Å². The quantitative estimate of drug-likeness (QED) is 0.376. The highest BCUT2D eigenvalue weighted by Crippen LogP contribution is 2.41. The first kappa shape index (κ1) is 28.8. The summed E-state index contributed by atoms with van der Waals surface area (Å²) >= 11 is 7.30. The van der Waals surface area contributed by atoms with Crippen molar-refractivity contribution in [2.75, 3.05) is 26.3 Å². The number of carbonyl (C=O) groups excluding carboxylic acids is 1. The first-order valence-corrected chi connectivity index (χ1v) is 13.7. The minimum absolute atomic E-state index is 0.0120. The van der Waals surface area contributed by atoms with E-state index >= 15 is 0 Å². The maximum atomic E-state index is 13.8. The molecule has 0 aliphatic carbocycles. The van der Waals surface area contributed by atoms with Gasteiger partial charge in [0, 0.05) is 36.4 Å². The van der Waals surface area contributed by atoms with Crippen molar-refractivity contribution in [2.45, 2.75) is 48.0 Å². The van der Waals surface area contributed by atoms with E-state index in [9.17, 15) is 28.2 Å². The topological polar surface area (TPSA) is 123 Å². The number of nitrogens with zero attached hydrogens (tertiary/aromatic N) is 5. The summed E-state index contributed by atoms with van der Waals surface area (Å²) in [5.41, 5.74) is -0.763. The van der Waals surface area contributed by atoms with Crippen molar-refractivity contribution in [3.05, 3.63) is 58.8 Å². The second kappa shape index (κ2) is 12.0. The molecule has 2 unspecified atom stereocenters. The normalized spacial score (nSPS) is 24.7. The van der Waals surface area contributed by atoms with E-state index in [1.807, 2.05) is 0 Å². The van der Waals surface area contributed by atoms with Crippen LogP contribution in [0, 0.1) is 17.5 Å². The average Bonchev–Trinajstić information content (AvgIpc) is 3.37. The van der Waals surface area contributed by atoms with Gasteiger partial charge in [0.2, 0.25) is 0 Å². The summed E-state index contributed by atoms with van der Waals surface area (Å²) in [6, 6.07) is 2.16. The van der Waals surface area contributed by atoms with Gasteiger partial charge in [0.05, 0.1) is 17.8 Å². The summed E-state index contributed by atoms with van der Waals surface area (Å²) in [6.45, 7) is 2.61. The van der Waals surface area contributed by atoms with Crippen molar-refractivity contribution in [1.29, 1.82) is 0 Å². The maximum Gasteiger partial charge on any atom is 0.273 e. The Morgan fingerprint density at radius 2 is 1.98 bits per heavy atom. The van der Waals surface area contributed by atoms with Crippen LogP contribution in [0.2, 0.25) is 5.02 Å². The van der Waals surface area contributed by atoms with Crippen LogP contribution < -0.4 is 0 Å². The zero-order valence-electron chi connectivity index (χ0n) is 21.1. The Balaban J connectivity index is 1.49. The summed E-state index contributed by atoms with van der Waals surface area (Å²) in [5.74, 6) is -4.65. The fourth-order valence-corrected chi connectivity index (χ4v) is 6.04. The van der Waals surface area contributed by atoms with E-state index in [2.05, 4.69) is 15.3 Å². The second-order valence-electron chi connectivity index (χ2n) is 9.23. The van der Waals surface area contributed by atoms with Gasteiger partial charge in [-0.3, -0.25) is 4.79 Å². The van der Waals surface area contributed by atoms with Gasteiger partial charge < -0.3 is 24.6 Å². The van der Waals surface area contributed by atoms with E-state index in [-0.39, 0.29) is 29.5 Å². The molecule has 5 atom stereocenters. The Bertz CT molecular complexity index is 1370. The number of hydrogen-bond acceptors (Lipinski definition) is 9. The van der Waals surface area contributed by atoms with Crippen molar-refractivity contribution >= 4 is 29.3 Å². The van der Waals surface area contributed by atoms with Crippen LogP contribution in [-0.4, -0.2) is 91.0 Å². The highest BCUT2D eigenvalue weighted by molar-refractivity contribution is 8.00. The van der Waals surface area contributed by atoms with E-state index in [0.29, 0.717) is 23.0 Å². The minimum Gasteiger partial charge on any atom is -0.394 e. The molecule has 4 heterocycles. The lowest BCUT2D eigenvalue weighted by molar-refractivity contribution is -0.191. The van der Waals surface area contributed by atoms with Gasteiger partial charge in [0.1, 0.15) is 41.2 Å². The molecule has 2 aromatic heterocycles. The minimum atomic E-state index is -1.61. The van der Waals surface area contributed by atoms with Gasteiger partial charge in [0.15, 0.2) is 17.5 Å². The van der Waals surface area contributed by atoms with Crippen LogP contribution in [-0.2, 0) is 9.47 Å². The van der Waals surface area contributed by atoms with E-state index in [1.165, 1.54) is 17.1 Å². The van der Waals surface area contributed by atoms with Gasteiger partial charge in [-0.15, -0.1) is 5.10 Å². The lowest BCUT2D eigenvalue weighted by Gasteiger charge is -2.43. The van der Waals surface area contributed by atoms with Gasteiger partial charge in [-0.05, 0) is 31.5 Å². The molecule has 10 nitrogen and oxygen atoms in total. The van der Waals surface area contributed by atoms with E-state index in [1.54, 1.807) is 17.9 Å². The molecule has 40 heavy (non-hydrogen) atoms. The molecule has 2 N–H and O–H groups in total. The number of halogens is 4. The first-order chi connectivity index (χ1) is 19.2. The highest BCUT2D eigenvalue weighted by Gasteiger charge is 2.48. The second-order valence-corrected chi connectivity index (χ2v) is 10.8. The number of benzene rings is 1. The Kier molecular flexibility index (Phi) is 8.63. The Morgan fingerprint density at radius 1 is 1.25 bits per heavy atom. The van der Waals surface area contributed by atoms with E-state index < -0.39 is 53.8 Å². The Morgan fingerprint density at radius 3 is 2.60 bits per heavy atom. The SMILES string of the molecule is CCOC1[C@@H](Sc2cc(Cl)cnc2C(=O)N2CCC2)OC(CO)[C@H](O)[C@@H]1n1cc(-c2cc(F)c(F)c(F)c2)nn1. The molecule has 2 aliphatic heterocycles. The number of aromatic nitrogens is 4. The third-order valence-electron chi connectivity index (χ3n) is 6.69. The van der Waals surface area contributed by atoms with Crippen molar-refractivity contribution in [1.82, 2.24) is 24.9 Å². The summed E-state index contributed by atoms with van der Waals surface area (Å²) in [6.07, 6.45) is 0.266. The zero-order chi connectivity index (χ0) is 28.6. The fraction of sp³-hybridized carbons (Fsp3) is 0.440. The van der Waals surface area contributed by atoms with Crippen LogP contribution in [0.5, 0.6) is 0 Å². The number of likely N-dealkylation sites (tertiary alicyclic amines) is 1. The number of aliphatic hydroxyl groups excluding tert-OH is 2. The van der Waals surface area contributed by atoms with Crippen molar-refractivity contribution in [2.24, 2.45) is 0 Å². The molecule has 15 heteroatoms. The van der Waals surface area contributed by atoms with Crippen LogP contribution >= 0.6 is 23.4 Å². The number of rotatable bonds is 8. The highest BCUT2D eigenvalue weighted by atomic mass is 35.5. The van der Waals surface area contributed by atoms with Gasteiger partial charge in [-0.1, -0.05) is 28.6 Å². The average molecular weight is 600 g/mol. The number of hydrogen-bond donors (Lipinski definition) is 2. The molecule has 3 aromatic rings. The van der Waals surface area contributed by atoms with Crippen LogP contribution in [0.1, 0.15) is 29.9 Å². The van der Waals surface area contributed by atoms with Crippen molar-refractivity contribution in [3.8, 4) is 11.3 Å². The summed E-state index contributed by atoms with van der Waals surface area (Å²) in [4.78, 5) is 19.4. The van der Waals surface area contributed by atoms with E-state index in [0.717, 1.165) is 30.3 Å². The lowest BCUT2D eigenvalue weighted by Crippen LogP contribution is -2.56. The molecule has 2 saturated heterocycles. The molecule has 2 aliphatic rings. The summed E-state index contributed by atoms with van der Waals surface area (Å²) < 4.78 is 54.4. The van der Waals surface area contributed by atoms with Gasteiger partial charge in [-0.2, -0.15) is 0 Å². The number of thioether (sulfide) groups is 1. The third kappa shape index (κ3) is 5.56. The van der Waals surface area contributed by atoms with Crippen LogP contribution in [0.4, 0.5) is 13.2 Å². The Labute approximate surface area is 236 Å². The summed E-state index contributed by atoms with van der Waals surface area (Å²) in [5, 5.41) is 29.4. The van der Waals surface area contributed by atoms with Crippen molar-refractivity contribution < 1.29 is 37.7 Å².